The maximum Gasteiger partial charge on any atom is 0.0484 e. The van der Waals surface area contributed by atoms with Crippen molar-refractivity contribution in [2.45, 2.75) is 0 Å². The number of benzene rings is 1. The average Bonchev–Trinajstić information content (AvgIpc) is 1.95. The monoisotopic (exact) mass is 276 g/mol. The van der Waals surface area contributed by atoms with Gasteiger partial charge >= 0.3 is 0 Å². The highest BCUT2D eigenvalue weighted by atomic mass is 127. The molecule has 0 unspecified atom stereocenters. The third kappa shape index (κ3) is 1.11. The van der Waals surface area contributed by atoms with Gasteiger partial charge in [-0.25, -0.2) is 0 Å². The number of alkyl halides is 1. The van der Waals surface area contributed by atoms with E-state index >= 15 is 0 Å². The van der Waals surface area contributed by atoms with Crippen LogP contribution >= 0.6 is 34.2 Å². The van der Waals surface area contributed by atoms with E-state index < -0.39 is 0 Å². The zero-order valence-corrected chi connectivity index (χ0v) is 8.69. The van der Waals surface area contributed by atoms with Crippen molar-refractivity contribution in [1.29, 1.82) is 0 Å². The first kappa shape index (κ1) is 7.62. The zero-order chi connectivity index (χ0) is 7.84. The van der Waals surface area contributed by atoms with Crippen LogP contribution in [0.15, 0.2) is 18.2 Å². The highest BCUT2D eigenvalue weighted by Gasteiger charge is 2.16. The summed E-state index contributed by atoms with van der Waals surface area (Å²) in [6.07, 6.45) is 2.16. The van der Waals surface area contributed by atoms with Gasteiger partial charge in [0.2, 0.25) is 0 Å². The lowest BCUT2D eigenvalue weighted by atomic mass is 9.90. The molecule has 0 aliphatic heterocycles. The predicted octanol–water partition coefficient (Wildman–Crippen LogP) is 3.63. The van der Waals surface area contributed by atoms with E-state index in [0.29, 0.717) is 0 Å². The van der Waals surface area contributed by atoms with Crippen molar-refractivity contribution in [3.63, 3.8) is 0 Å². The summed E-state index contributed by atoms with van der Waals surface area (Å²) in [6, 6.07) is 6.05. The van der Waals surface area contributed by atoms with E-state index in [-0.39, 0.29) is 0 Å². The minimum absolute atomic E-state index is 0.871. The Balaban J connectivity index is 2.49. The fourth-order valence-corrected chi connectivity index (χ4v) is 2.11. The van der Waals surface area contributed by atoms with Gasteiger partial charge in [-0.1, -0.05) is 46.3 Å². The summed E-state index contributed by atoms with van der Waals surface area (Å²) in [5.41, 5.74) is 3.94. The Hall–Kier alpha value is -0.0200. The molecular weight excluding hydrogens is 270 g/mol. The van der Waals surface area contributed by atoms with Gasteiger partial charge in [-0.2, -0.15) is 0 Å². The molecule has 0 fully saturated rings. The second-order valence-corrected chi connectivity index (χ2v) is 3.67. The lowest BCUT2D eigenvalue weighted by Gasteiger charge is -2.18. The number of halogens is 2. The second kappa shape index (κ2) is 2.79. The predicted molar refractivity (Wildman–Crippen MR) is 58.2 cm³/mol. The molecule has 0 N–H and O–H groups in total. The molecule has 11 heavy (non-hydrogen) atoms. The van der Waals surface area contributed by atoms with Crippen LogP contribution in [0, 0.1) is 0 Å². The van der Waals surface area contributed by atoms with Crippen molar-refractivity contribution in [1.82, 2.24) is 0 Å². The van der Waals surface area contributed by atoms with Crippen LogP contribution in [0.5, 0.6) is 0 Å². The van der Waals surface area contributed by atoms with Gasteiger partial charge in [-0.05, 0) is 23.3 Å². The average molecular weight is 277 g/mol. The van der Waals surface area contributed by atoms with E-state index in [1.165, 1.54) is 16.7 Å². The van der Waals surface area contributed by atoms with E-state index in [1.807, 2.05) is 12.1 Å². The Morgan fingerprint density at radius 2 is 2.18 bits per heavy atom. The largest absolute Gasteiger partial charge is 0.0837 e. The molecule has 1 aliphatic carbocycles. The van der Waals surface area contributed by atoms with Crippen LogP contribution < -0.4 is 0 Å². The molecule has 0 spiro atoms. The van der Waals surface area contributed by atoms with Gasteiger partial charge in [0.05, 0.1) is 0 Å². The number of rotatable bonds is 1. The summed E-state index contributed by atoms with van der Waals surface area (Å²) in [6.45, 7) is 0. The van der Waals surface area contributed by atoms with Gasteiger partial charge < -0.3 is 0 Å². The maximum atomic E-state index is 5.94. The summed E-state index contributed by atoms with van der Waals surface area (Å²) >= 11 is 8.30. The Morgan fingerprint density at radius 1 is 1.36 bits per heavy atom. The van der Waals surface area contributed by atoms with E-state index in [9.17, 15) is 0 Å². The second-order valence-electron chi connectivity index (χ2n) is 2.50. The third-order valence-corrected chi connectivity index (χ3v) is 3.01. The minimum atomic E-state index is 0.871. The first-order valence-electron chi connectivity index (χ1n) is 3.38. The molecule has 0 nitrogen and oxygen atoms in total. The van der Waals surface area contributed by atoms with Crippen molar-refractivity contribution < 1.29 is 0 Å². The van der Waals surface area contributed by atoms with Crippen molar-refractivity contribution in [3.8, 4) is 0 Å². The molecule has 1 aromatic rings. The fraction of sp³-hybridized carbons (Fsp3) is 0.111. The molecular formula is C9H6ClI. The standard InChI is InChI=1S/C9H6ClI/c10-9-3-1-2-7-6(5-11)4-8(7)9/h1-4H,5H2. The van der Waals surface area contributed by atoms with Gasteiger partial charge in [-0.3, -0.25) is 0 Å². The van der Waals surface area contributed by atoms with Gasteiger partial charge in [0.1, 0.15) is 0 Å². The molecule has 0 saturated heterocycles. The fourth-order valence-electron chi connectivity index (χ4n) is 1.25. The maximum absolute atomic E-state index is 5.94. The minimum Gasteiger partial charge on any atom is -0.0837 e. The summed E-state index contributed by atoms with van der Waals surface area (Å²) in [4.78, 5) is 0. The lowest BCUT2D eigenvalue weighted by Crippen LogP contribution is -1.99. The van der Waals surface area contributed by atoms with Crippen LogP contribution in [0.25, 0.3) is 11.6 Å². The smallest absolute Gasteiger partial charge is 0.0484 e. The molecule has 0 heterocycles. The molecule has 1 aromatic carbocycles. The number of fused-ring (bicyclic) bond motifs is 1. The normalized spacial score (nSPS) is 13.5. The molecule has 1 aliphatic rings. The molecule has 0 bridgehead atoms. The van der Waals surface area contributed by atoms with Crippen LogP contribution in [0.2, 0.25) is 5.02 Å². The Morgan fingerprint density at radius 3 is 2.91 bits per heavy atom. The van der Waals surface area contributed by atoms with Gasteiger partial charge in [0.25, 0.3) is 0 Å². The van der Waals surface area contributed by atoms with Crippen molar-refractivity contribution >= 4 is 45.8 Å². The highest BCUT2D eigenvalue weighted by molar-refractivity contribution is 14.1. The van der Waals surface area contributed by atoms with E-state index in [1.54, 1.807) is 0 Å². The Kier molecular flexibility index (Phi) is 1.93. The van der Waals surface area contributed by atoms with Gasteiger partial charge in [0, 0.05) is 15.0 Å². The molecule has 0 aromatic heterocycles. The van der Waals surface area contributed by atoms with Crippen molar-refractivity contribution in [3.05, 3.63) is 34.3 Å². The van der Waals surface area contributed by atoms with Gasteiger partial charge in [-0.15, -0.1) is 0 Å². The molecule has 2 heteroatoms. The van der Waals surface area contributed by atoms with Crippen molar-refractivity contribution in [2.24, 2.45) is 0 Å². The number of hydrogen-bond donors (Lipinski definition) is 0. The zero-order valence-electron chi connectivity index (χ0n) is 5.77. The summed E-state index contributed by atoms with van der Waals surface area (Å²) in [5, 5.41) is 0.871. The molecule has 0 saturated carbocycles. The molecule has 0 radical (unpaired) electrons. The van der Waals surface area contributed by atoms with E-state index in [2.05, 4.69) is 34.7 Å². The van der Waals surface area contributed by atoms with Crippen LogP contribution in [0.3, 0.4) is 0 Å². The highest BCUT2D eigenvalue weighted by Crippen LogP contribution is 2.37. The lowest BCUT2D eigenvalue weighted by molar-refractivity contribution is 1.51. The molecule has 0 atom stereocenters. The molecule has 56 valence electrons. The van der Waals surface area contributed by atoms with Gasteiger partial charge in [0.15, 0.2) is 0 Å². The number of hydrogen-bond acceptors (Lipinski definition) is 0. The number of allylic oxidation sites excluding steroid dienone is 1. The van der Waals surface area contributed by atoms with Crippen LogP contribution in [-0.4, -0.2) is 4.43 Å². The molecule has 0 amide bonds. The Bertz CT molecular complexity index is 328. The SMILES string of the molecule is Clc1cccc2c1C=C2CI. The summed E-state index contributed by atoms with van der Waals surface area (Å²) < 4.78 is 1.07. The van der Waals surface area contributed by atoms with Crippen LogP contribution in [0.1, 0.15) is 11.1 Å². The quantitative estimate of drug-likeness (QED) is 0.543. The first-order valence-corrected chi connectivity index (χ1v) is 5.28. The summed E-state index contributed by atoms with van der Waals surface area (Å²) in [7, 11) is 0. The van der Waals surface area contributed by atoms with E-state index in [0.717, 1.165) is 9.45 Å². The van der Waals surface area contributed by atoms with E-state index in [4.69, 9.17) is 11.6 Å². The molecule has 2 rings (SSSR count). The first-order chi connectivity index (χ1) is 5.33. The van der Waals surface area contributed by atoms with Crippen LogP contribution in [-0.2, 0) is 0 Å². The van der Waals surface area contributed by atoms with Crippen LogP contribution in [0.4, 0.5) is 0 Å². The van der Waals surface area contributed by atoms with Crippen molar-refractivity contribution in [2.75, 3.05) is 4.43 Å². The summed E-state index contributed by atoms with van der Waals surface area (Å²) in [5.74, 6) is 0. The Labute approximate surface area is 84.4 Å². The third-order valence-electron chi connectivity index (χ3n) is 1.86. The topological polar surface area (TPSA) is 0 Å².